The quantitative estimate of drug-likeness (QED) is 0.522. The molecule has 0 aliphatic rings. The molecule has 0 fully saturated rings. The summed E-state index contributed by atoms with van der Waals surface area (Å²) in [6, 6.07) is 11.4. The molecule has 1 amide bonds. The molecule has 2 aromatic carbocycles. The molecule has 0 radical (unpaired) electrons. The second-order valence-electron chi connectivity index (χ2n) is 7.35. The number of amides is 1. The molecule has 10 heteroatoms. The van der Waals surface area contributed by atoms with Gasteiger partial charge in [0.1, 0.15) is 0 Å². The molecule has 2 N–H and O–H groups in total. The molecule has 0 spiro atoms. The highest BCUT2D eigenvalue weighted by Crippen LogP contribution is 2.27. The Kier molecular flexibility index (Phi) is 6.60. The number of nitrogens with one attached hydrogen (secondary N) is 2. The smallest absolute Gasteiger partial charge is 0.310 e. The molecular weight excluding hydrogens is 398 g/mol. The summed E-state index contributed by atoms with van der Waals surface area (Å²) >= 11 is 0. The van der Waals surface area contributed by atoms with Crippen molar-refractivity contribution in [2.24, 2.45) is 0 Å². The number of nitro benzene ring substituents is 1. The number of anilines is 1. The normalized spacial score (nSPS) is 12.8. The molecule has 0 bridgehead atoms. The van der Waals surface area contributed by atoms with Crippen LogP contribution in [-0.2, 0) is 14.8 Å². The summed E-state index contributed by atoms with van der Waals surface area (Å²) in [5, 5.41) is 13.6. The molecule has 2 aromatic rings. The van der Waals surface area contributed by atoms with Crippen molar-refractivity contribution in [1.82, 2.24) is 4.72 Å². The Morgan fingerprint density at radius 2 is 1.69 bits per heavy atom. The van der Waals surface area contributed by atoms with Crippen molar-refractivity contribution in [2.75, 3.05) is 5.32 Å². The van der Waals surface area contributed by atoms with E-state index in [1.807, 2.05) is 0 Å². The fourth-order valence-corrected chi connectivity index (χ4v) is 3.79. The third kappa shape index (κ3) is 6.26. The van der Waals surface area contributed by atoms with Crippen molar-refractivity contribution in [3.63, 3.8) is 0 Å². The monoisotopic (exact) mass is 421 g/mol. The van der Waals surface area contributed by atoms with E-state index in [0.717, 1.165) is 0 Å². The number of rotatable bonds is 7. The first-order valence-corrected chi connectivity index (χ1v) is 10.2. The largest absolute Gasteiger partial charge is 0.474 e. The summed E-state index contributed by atoms with van der Waals surface area (Å²) in [6.07, 6.45) is -1.01. The first-order valence-electron chi connectivity index (χ1n) is 8.74. The van der Waals surface area contributed by atoms with E-state index in [-0.39, 0.29) is 16.3 Å². The van der Waals surface area contributed by atoms with Crippen molar-refractivity contribution < 1.29 is 22.9 Å². The van der Waals surface area contributed by atoms with Crippen molar-refractivity contribution >= 4 is 27.3 Å². The molecule has 0 saturated carbocycles. The average molecular weight is 421 g/mol. The van der Waals surface area contributed by atoms with Gasteiger partial charge >= 0.3 is 5.69 Å². The van der Waals surface area contributed by atoms with Gasteiger partial charge in [-0.1, -0.05) is 12.1 Å². The number of para-hydroxylation sites is 2. The van der Waals surface area contributed by atoms with Crippen molar-refractivity contribution in [1.29, 1.82) is 0 Å². The third-order valence-corrected chi connectivity index (χ3v) is 5.38. The summed E-state index contributed by atoms with van der Waals surface area (Å²) in [7, 11) is -3.68. The van der Waals surface area contributed by atoms with E-state index in [2.05, 4.69) is 10.0 Å². The lowest BCUT2D eigenvalue weighted by Gasteiger charge is -2.20. The molecule has 0 heterocycles. The van der Waals surface area contributed by atoms with E-state index < -0.39 is 32.5 Å². The van der Waals surface area contributed by atoms with Crippen LogP contribution < -0.4 is 14.8 Å². The molecule has 29 heavy (non-hydrogen) atoms. The van der Waals surface area contributed by atoms with Crippen LogP contribution in [0.2, 0.25) is 0 Å². The zero-order valence-electron chi connectivity index (χ0n) is 16.5. The maximum atomic E-state index is 12.3. The van der Waals surface area contributed by atoms with Gasteiger partial charge in [0.05, 0.1) is 9.82 Å². The van der Waals surface area contributed by atoms with Gasteiger partial charge in [0.15, 0.2) is 11.9 Å². The number of hydrogen-bond acceptors (Lipinski definition) is 6. The standard InChI is InChI=1S/C19H23N3O6S/c1-13(28-17-8-6-5-7-16(17)22(24)25)18(23)20-14-9-11-15(12-10-14)29(26,27)21-19(2,3)4/h5-13,21H,1-4H3,(H,20,23)/t13-/m1/s1. The fourth-order valence-electron chi connectivity index (χ4n) is 2.37. The molecule has 0 aromatic heterocycles. The molecular formula is C19H23N3O6S. The summed E-state index contributed by atoms with van der Waals surface area (Å²) in [4.78, 5) is 22.8. The van der Waals surface area contributed by atoms with Gasteiger partial charge in [-0.15, -0.1) is 0 Å². The topological polar surface area (TPSA) is 128 Å². The van der Waals surface area contributed by atoms with Gasteiger partial charge < -0.3 is 10.1 Å². The second kappa shape index (κ2) is 8.58. The minimum Gasteiger partial charge on any atom is -0.474 e. The Morgan fingerprint density at radius 1 is 1.10 bits per heavy atom. The van der Waals surface area contributed by atoms with Crippen LogP contribution in [0.25, 0.3) is 0 Å². The maximum Gasteiger partial charge on any atom is 0.310 e. The first-order chi connectivity index (χ1) is 13.4. The molecule has 9 nitrogen and oxygen atoms in total. The van der Waals surface area contributed by atoms with Crippen LogP contribution >= 0.6 is 0 Å². The van der Waals surface area contributed by atoms with E-state index in [4.69, 9.17) is 4.74 Å². The Hall–Kier alpha value is -2.98. The van der Waals surface area contributed by atoms with Crippen LogP contribution in [0.15, 0.2) is 53.4 Å². The van der Waals surface area contributed by atoms with Crippen LogP contribution in [0.4, 0.5) is 11.4 Å². The number of carbonyl (C=O) groups excluding carboxylic acids is 1. The highest BCUT2D eigenvalue weighted by Gasteiger charge is 2.23. The summed E-state index contributed by atoms with van der Waals surface area (Å²) in [5.41, 5.74) is -0.505. The number of nitro groups is 1. The van der Waals surface area contributed by atoms with E-state index in [0.29, 0.717) is 5.69 Å². The van der Waals surface area contributed by atoms with Crippen LogP contribution in [0.3, 0.4) is 0 Å². The Balaban J connectivity index is 2.07. The summed E-state index contributed by atoms with van der Waals surface area (Å²) in [6.45, 7) is 6.66. The SMILES string of the molecule is C[C@@H](Oc1ccccc1[N+](=O)[O-])C(=O)Nc1ccc(S(=O)(=O)NC(C)(C)C)cc1. The zero-order chi connectivity index (χ0) is 21.8. The van der Waals surface area contributed by atoms with Gasteiger partial charge in [-0.2, -0.15) is 0 Å². The number of sulfonamides is 1. The van der Waals surface area contributed by atoms with Crippen molar-refractivity contribution in [3.8, 4) is 5.75 Å². The maximum absolute atomic E-state index is 12.3. The Labute approximate surface area is 169 Å². The number of carbonyl (C=O) groups is 1. The van der Waals surface area contributed by atoms with Gasteiger partial charge in [0, 0.05) is 17.3 Å². The Morgan fingerprint density at radius 3 is 2.24 bits per heavy atom. The first kappa shape index (κ1) is 22.3. The molecule has 0 aliphatic heterocycles. The molecule has 2 rings (SSSR count). The number of nitrogens with zero attached hydrogens (tertiary/aromatic N) is 1. The van der Waals surface area contributed by atoms with Gasteiger partial charge in [-0.25, -0.2) is 13.1 Å². The van der Waals surface area contributed by atoms with Crippen LogP contribution in [0.1, 0.15) is 27.7 Å². The molecule has 0 saturated heterocycles. The lowest BCUT2D eigenvalue weighted by atomic mass is 10.1. The predicted octanol–water partition coefficient (Wildman–Crippen LogP) is 3.08. The highest BCUT2D eigenvalue weighted by molar-refractivity contribution is 7.89. The zero-order valence-corrected chi connectivity index (χ0v) is 17.3. The second-order valence-corrected chi connectivity index (χ2v) is 9.04. The molecule has 0 aliphatic carbocycles. The van der Waals surface area contributed by atoms with E-state index in [9.17, 15) is 23.3 Å². The average Bonchev–Trinajstić information content (AvgIpc) is 2.60. The number of hydrogen-bond donors (Lipinski definition) is 2. The lowest BCUT2D eigenvalue weighted by Crippen LogP contribution is -2.40. The van der Waals surface area contributed by atoms with Crippen LogP contribution in [-0.4, -0.2) is 30.9 Å². The number of ether oxygens (including phenoxy) is 1. The van der Waals surface area contributed by atoms with Gasteiger partial charge in [-0.3, -0.25) is 14.9 Å². The summed E-state index contributed by atoms with van der Waals surface area (Å²) < 4.78 is 32.6. The van der Waals surface area contributed by atoms with E-state index >= 15 is 0 Å². The Bertz CT molecular complexity index is 997. The predicted molar refractivity (Wildman–Crippen MR) is 108 cm³/mol. The minimum atomic E-state index is -3.68. The van der Waals surface area contributed by atoms with Gasteiger partial charge in [-0.05, 0) is 58.0 Å². The summed E-state index contributed by atoms with van der Waals surface area (Å²) in [5.74, 6) is -0.554. The number of benzene rings is 2. The van der Waals surface area contributed by atoms with E-state index in [1.54, 1.807) is 26.8 Å². The highest BCUT2D eigenvalue weighted by atomic mass is 32.2. The lowest BCUT2D eigenvalue weighted by molar-refractivity contribution is -0.386. The van der Waals surface area contributed by atoms with Crippen LogP contribution in [0.5, 0.6) is 5.75 Å². The van der Waals surface area contributed by atoms with Crippen molar-refractivity contribution in [2.45, 2.75) is 44.2 Å². The van der Waals surface area contributed by atoms with Crippen molar-refractivity contribution in [3.05, 3.63) is 58.6 Å². The van der Waals surface area contributed by atoms with Crippen LogP contribution in [0, 0.1) is 10.1 Å². The molecule has 1 atom stereocenters. The molecule has 0 unspecified atom stereocenters. The molecule has 156 valence electrons. The minimum absolute atomic E-state index is 0.0187. The fraction of sp³-hybridized carbons (Fsp3) is 0.316. The van der Waals surface area contributed by atoms with E-state index in [1.165, 1.54) is 49.4 Å². The van der Waals surface area contributed by atoms with Gasteiger partial charge in [0.2, 0.25) is 10.0 Å². The van der Waals surface area contributed by atoms with Gasteiger partial charge in [0.25, 0.3) is 5.91 Å². The third-order valence-electron chi connectivity index (χ3n) is 3.61.